The van der Waals surface area contributed by atoms with Crippen molar-refractivity contribution in [3.8, 4) is 0 Å². The van der Waals surface area contributed by atoms with Gasteiger partial charge in [-0.3, -0.25) is 0 Å². The third-order valence-electron chi connectivity index (χ3n) is 1.47. The first-order chi connectivity index (χ1) is 6.36. The SMILES string of the molecule is CCSc1ccc(CN)cc1.CO. The van der Waals surface area contributed by atoms with E-state index in [0.717, 1.165) is 12.9 Å². The van der Waals surface area contributed by atoms with Crippen LogP contribution in [-0.4, -0.2) is 18.0 Å². The second-order valence-electron chi connectivity index (χ2n) is 2.28. The van der Waals surface area contributed by atoms with Gasteiger partial charge in [-0.2, -0.15) is 0 Å². The molecule has 13 heavy (non-hydrogen) atoms. The first kappa shape index (κ1) is 12.5. The van der Waals surface area contributed by atoms with Crippen LogP contribution in [-0.2, 0) is 6.54 Å². The maximum atomic E-state index is 7.00. The molecule has 0 amide bonds. The van der Waals surface area contributed by atoms with E-state index in [2.05, 4.69) is 31.2 Å². The summed E-state index contributed by atoms with van der Waals surface area (Å²) in [6.45, 7) is 2.79. The third kappa shape index (κ3) is 4.93. The number of thioether (sulfide) groups is 1. The fourth-order valence-corrected chi connectivity index (χ4v) is 1.55. The van der Waals surface area contributed by atoms with Crippen LogP contribution in [0, 0.1) is 0 Å². The summed E-state index contributed by atoms with van der Waals surface area (Å²) >= 11 is 1.85. The average molecular weight is 199 g/mol. The molecule has 0 aliphatic carbocycles. The van der Waals surface area contributed by atoms with E-state index in [1.165, 1.54) is 10.5 Å². The lowest BCUT2D eigenvalue weighted by atomic mass is 10.2. The second kappa shape index (κ2) is 8.10. The topological polar surface area (TPSA) is 46.2 Å². The Hall–Kier alpha value is -0.510. The zero-order valence-electron chi connectivity index (χ0n) is 8.16. The van der Waals surface area contributed by atoms with Gasteiger partial charge < -0.3 is 10.8 Å². The quantitative estimate of drug-likeness (QED) is 0.730. The molecule has 0 saturated heterocycles. The van der Waals surface area contributed by atoms with Gasteiger partial charge in [0.1, 0.15) is 0 Å². The Kier molecular flexibility index (Phi) is 7.79. The van der Waals surface area contributed by atoms with Crippen LogP contribution < -0.4 is 5.73 Å². The van der Waals surface area contributed by atoms with Crippen molar-refractivity contribution in [2.75, 3.05) is 12.9 Å². The molecule has 1 rings (SSSR count). The molecule has 0 spiro atoms. The third-order valence-corrected chi connectivity index (χ3v) is 2.36. The monoisotopic (exact) mass is 199 g/mol. The Morgan fingerprint density at radius 2 is 1.77 bits per heavy atom. The van der Waals surface area contributed by atoms with Crippen molar-refractivity contribution in [1.82, 2.24) is 0 Å². The smallest absolute Gasteiger partial charge is 0.0319 e. The number of rotatable bonds is 3. The normalized spacial score (nSPS) is 8.92. The number of aliphatic hydroxyl groups is 1. The summed E-state index contributed by atoms with van der Waals surface area (Å²) in [6.07, 6.45) is 0. The fourth-order valence-electron chi connectivity index (χ4n) is 0.888. The predicted molar refractivity (Wildman–Crippen MR) is 58.9 cm³/mol. The van der Waals surface area contributed by atoms with Gasteiger partial charge in [0.15, 0.2) is 0 Å². The van der Waals surface area contributed by atoms with Crippen LogP contribution in [0.3, 0.4) is 0 Å². The molecule has 0 aliphatic rings. The van der Waals surface area contributed by atoms with Crippen LogP contribution in [0.15, 0.2) is 29.2 Å². The van der Waals surface area contributed by atoms with E-state index in [4.69, 9.17) is 10.8 Å². The molecule has 3 heteroatoms. The van der Waals surface area contributed by atoms with Crippen LogP contribution in [0.1, 0.15) is 12.5 Å². The highest BCUT2D eigenvalue weighted by molar-refractivity contribution is 7.99. The molecule has 3 N–H and O–H groups in total. The minimum atomic E-state index is 0.636. The van der Waals surface area contributed by atoms with E-state index in [9.17, 15) is 0 Å². The lowest BCUT2D eigenvalue weighted by molar-refractivity contribution is 0.399. The zero-order chi connectivity index (χ0) is 10.1. The molecular weight excluding hydrogens is 182 g/mol. The molecule has 0 atom stereocenters. The average Bonchev–Trinajstić information content (AvgIpc) is 2.23. The molecule has 2 nitrogen and oxygen atoms in total. The Bertz CT molecular complexity index is 211. The summed E-state index contributed by atoms with van der Waals surface area (Å²) in [7, 11) is 1.00. The highest BCUT2D eigenvalue weighted by Gasteiger charge is 1.91. The second-order valence-corrected chi connectivity index (χ2v) is 3.62. The molecule has 0 aliphatic heterocycles. The molecule has 0 saturated carbocycles. The highest BCUT2D eigenvalue weighted by Crippen LogP contribution is 2.17. The minimum absolute atomic E-state index is 0.636. The van der Waals surface area contributed by atoms with Crippen molar-refractivity contribution in [2.24, 2.45) is 5.73 Å². The van der Waals surface area contributed by atoms with Gasteiger partial charge in [0.05, 0.1) is 0 Å². The van der Waals surface area contributed by atoms with Gasteiger partial charge >= 0.3 is 0 Å². The maximum absolute atomic E-state index is 7.00. The molecule has 0 aromatic heterocycles. The molecule has 0 radical (unpaired) electrons. The molecule has 0 fully saturated rings. The van der Waals surface area contributed by atoms with Gasteiger partial charge in [-0.1, -0.05) is 19.1 Å². The Labute approximate surface area is 84.2 Å². The lowest BCUT2D eigenvalue weighted by Gasteiger charge is -1.99. The van der Waals surface area contributed by atoms with Crippen LogP contribution in [0.25, 0.3) is 0 Å². The van der Waals surface area contributed by atoms with E-state index in [1.54, 1.807) is 0 Å². The Morgan fingerprint density at radius 1 is 1.23 bits per heavy atom. The van der Waals surface area contributed by atoms with E-state index in [1.807, 2.05) is 11.8 Å². The van der Waals surface area contributed by atoms with Crippen LogP contribution >= 0.6 is 11.8 Å². The summed E-state index contributed by atoms with van der Waals surface area (Å²) in [5.74, 6) is 1.13. The number of aliphatic hydroxyl groups excluding tert-OH is 1. The summed E-state index contributed by atoms with van der Waals surface area (Å²) in [6, 6.07) is 8.41. The van der Waals surface area contributed by atoms with Gasteiger partial charge in [-0.15, -0.1) is 11.8 Å². The van der Waals surface area contributed by atoms with Crippen LogP contribution in [0.2, 0.25) is 0 Å². The van der Waals surface area contributed by atoms with Gasteiger partial charge in [0.25, 0.3) is 0 Å². The highest BCUT2D eigenvalue weighted by atomic mass is 32.2. The molecule has 1 aromatic rings. The lowest BCUT2D eigenvalue weighted by Crippen LogP contribution is -1.94. The van der Waals surface area contributed by atoms with Crippen molar-refractivity contribution in [2.45, 2.75) is 18.4 Å². The van der Waals surface area contributed by atoms with Gasteiger partial charge in [0.2, 0.25) is 0 Å². The maximum Gasteiger partial charge on any atom is 0.0319 e. The molecule has 0 bridgehead atoms. The molecule has 0 unspecified atom stereocenters. The van der Waals surface area contributed by atoms with E-state index < -0.39 is 0 Å². The molecule has 0 heterocycles. The Morgan fingerprint density at radius 3 is 2.15 bits per heavy atom. The summed E-state index contributed by atoms with van der Waals surface area (Å²) < 4.78 is 0. The molecule has 74 valence electrons. The van der Waals surface area contributed by atoms with Gasteiger partial charge in [-0.25, -0.2) is 0 Å². The van der Waals surface area contributed by atoms with Crippen molar-refractivity contribution < 1.29 is 5.11 Å². The number of hydrogen-bond acceptors (Lipinski definition) is 3. The van der Waals surface area contributed by atoms with Crippen molar-refractivity contribution >= 4 is 11.8 Å². The predicted octanol–water partition coefficient (Wildman–Crippen LogP) is 1.87. The van der Waals surface area contributed by atoms with Crippen LogP contribution in [0.4, 0.5) is 0 Å². The van der Waals surface area contributed by atoms with Gasteiger partial charge in [0, 0.05) is 18.6 Å². The first-order valence-electron chi connectivity index (χ1n) is 4.23. The largest absolute Gasteiger partial charge is 0.400 e. The van der Waals surface area contributed by atoms with Crippen LogP contribution in [0.5, 0.6) is 0 Å². The molecule has 1 aromatic carbocycles. The van der Waals surface area contributed by atoms with Crippen molar-refractivity contribution in [3.05, 3.63) is 29.8 Å². The summed E-state index contributed by atoms with van der Waals surface area (Å²) in [5.41, 5.74) is 6.67. The summed E-state index contributed by atoms with van der Waals surface area (Å²) in [4.78, 5) is 1.32. The number of benzene rings is 1. The first-order valence-corrected chi connectivity index (χ1v) is 5.22. The van der Waals surface area contributed by atoms with E-state index in [0.29, 0.717) is 6.54 Å². The number of nitrogens with two attached hydrogens (primary N) is 1. The summed E-state index contributed by atoms with van der Waals surface area (Å²) in [5, 5.41) is 7.00. The van der Waals surface area contributed by atoms with Crippen molar-refractivity contribution in [1.29, 1.82) is 0 Å². The molecular formula is C10H17NOS. The van der Waals surface area contributed by atoms with E-state index >= 15 is 0 Å². The zero-order valence-corrected chi connectivity index (χ0v) is 8.97. The minimum Gasteiger partial charge on any atom is -0.400 e. The van der Waals surface area contributed by atoms with Crippen molar-refractivity contribution in [3.63, 3.8) is 0 Å². The number of hydrogen-bond donors (Lipinski definition) is 2. The van der Waals surface area contributed by atoms with Gasteiger partial charge in [-0.05, 0) is 23.4 Å². The standard InChI is InChI=1S/C9H13NS.CH4O/c1-2-11-9-5-3-8(7-10)4-6-9;1-2/h3-6H,2,7,10H2,1H3;2H,1H3. The Balaban J connectivity index is 0.000000671. The fraction of sp³-hybridized carbons (Fsp3) is 0.400. The van der Waals surface area contributed by atoms with E-state index in [-0.39, 0.29) is 0 Å².